The van der Waals surface area contributed by atoms with E-state index >= 15 is 0 Å². The third kappa shape index (κ3) is 4.66. The Kier molecular flexibility index (Phi) is 6.73. The van der Waals surface area contributed by atoms with Crippen LogP contribution in [0.5, 0.6) is 0 Å². The minimum atomic E-state index is -0.645. The van der Waals surface area contributed by atoms with Gasteiger partial charge in [0, 0.05) is 6.54 Å². The molecule has 20 heavy (non-hydrogen) atoms. The zero-order chi connectivity index (χ0) is 15.0. The van der Waals surface area contributed by atoms with Crippen LogP contribution in [0.3, 0.4) is 0 Å². The maximum absolute atomic E-state index is 12.0. The van der Waals surface area contributed by atoms with Crippen LogP contribution in [0.2, 0.25) is 0 Å². The third-order valence-corrected chi connectivity index (χ3v) is 2.82. The van der Waals surface area contributed by atoms with E-state index in [1.54, 1.807) is 13.8 Å². The molecule has 1 rings (SSSR count). The van der Waals surface area contributed by atoms with Crippen LogP contribution in [0.1, 0.15) is 32.4 Å². The molecule has 0 saturated carbocycles. The van der Waals surface area contributed by atoms with E-state index in [1.165, 1.54) is 0 Å². The molecular weight excluding hydrogens is 256 g/mol. The quantitative estimate of drug-likeness (QED) is 0.740. The lowest BCUT2D eigenvalue weighted by Crippen LogP contribution is -2.45. The second-order valence-electron chi connectivity index (χ2n) is 4.38. The van der Waals surface area contributed by atoms with Gasteiger partial charge in [0.05, 0.1) is 12.6 Å². The normalized spacial score (nSPS) is 13.3. The Labute approximate surface area is 119 Å². The van der Waals surface area contributed by atoms with Gasteiger partial charge >= 0.3 is 5.97 Å². The lowest BCUT2D eigenvalue weighted by molar-refractivity contribution is -0.146. The predicted molar refractivity (Wildman–Crippen MR) is 77.1 cm³/mol. The molecule has 2 N–H and O–H groups in total. The number of hydrogen-bond donors (Lipinski definition) is 2. The molecule has 2 unspecified atom stereocenters. The van der Waals surface area contributed by atoms with Gasteiger partial charge in [-0.05, 0) is 26.3 Å². The molecule has 1 aromatic rings. The van der Waals surface area contributed by atoms with Crippen LogP contribution in [-0.2, 0) is 14.3 Å². The molecule has 0 heterocycles. The average Bonchev–Trinajstić information content (AvgIpc) is 2.45. The molecule has 0 fully saturated rings. The molecule has 1 amide bonds. The Bertz CT molecular complexity index is 434. The lowest BCUT2D eigenvalue weighted by atomic mass is 10.1. The van der Waals surface area contributed by atoms with Crippen LogP contribution in [0, 0.1) is 0 Å². The van der Waals surface area contributed by atoms with Gasteiger partial charge in [-0.3, -0.25) is 10.1 Å². The van der Waals surface area contributed by atoms with Crippen molar-refractivity contribution in [3.8, 4) is 0 Å². The highest BCUT2D eigenvalue weighted by Crippen LogP contribution is 2.15. The maximum atomic E-state index is 12.0. The first-order chi connectivity index (χ1) is 9.60. The van der Waals surface area contributed by atoms with Crippen LogP contribution in [0.15, 0.2) is 30.3 Å². The monoisotopic (exact) mass is 278 g/mol. The van der Waals surface area contributed by atoms with Crippen LogP contribution in [0.25, 0.3) is 0 Å². The summed E-state index contributed by atoms with van der Waals surface area (Å²) < 4.78 is 5.07. The highest BCUT2D eigenvalue weighted by atomic mass is 16.5. The molecule has 0 aliphatic carbocycles. The van der Waals surface area contributed by atoms with Gasteiger partial charge in [0.2, 0.25) is 5.91 Å². The molecule has 0 aromatic heterocycles. The fraction of sp³-hybridized carbons (Fsp3) is 0.467. The van der Waals surface area contributed by atoms with Crippen LogP contribution in [0.4, 0.5) is 0 Å². The van der Waals surface area contributed by atoms with E-state index in [9.17, 15) is 9.59 Å². The first-order valence-electron chi connectivity index (χ1n) is 6.85. The van der Waals surface area contributed by atoms with Crippen LogP contribution < -0.4 is 10.6 Å². The number of amides is 1. The van der Waals surface area contributed by atoms with E-state index in [1.807, 2.05) is 37.3 Å². The Morgan fingerprint density at radius 2 is 1.85 bits per heavy atom. The van der Waals surface area contributed by atoms with E-state index in [0.717, 1.165) is 5.56 Å². The molecule has 110 valence electrons. The summed E-state index contributed by atoms with van der Waals surface area (Å²) >= 11 is 0. The molecule has 5 heteroatoms. The summed E-state index contributed by atoms with van der Waals surface area (Å²) in [7, 11) is 0. The number of rotatable bonds is 7. The van der Waals surface area contributed by atoms with Crippen molar-refractivity contribution in [2.45, 2.75) is 32.9 Å². The smallest absolute Gasteiger partial charge is 0.327 e. The maximum Gasteiger partial charge on any atom is 0.327 e. The van der Waals surface area contributed by atoms with Crippen LogP contribution in [-0.4, -0.2) is 31.1 Å². The number of benzene rings is 1. The number of likely N-dealkylation sites (N-methyl/N-ethyl adjacent to an activating group) is 1. The molecule has 2 atom stereocenters. The van der Waals surface area contributed by atoms with E-state index in [0.29, 0.717) is 13.2 Å². The molecule has 5 nitrogen and oxygen atoms in total. The molecule has 0 radical (unpaired) electrons. The van der Waals surface area contributed by atoms with E-state index in [-0.39, 0.29) is 11.9 Å². The summed E-state index contributed by atoms with van der Waals surface area (Å²) in [5, 5.41) is 5.74. The van der Waals surface area contributed by atoms with Crippen LogP contribution >= 0.6 is 0 Å². The molecule has 0 bridgehead atoms. The lowest BCUT2D eigenvalue weighted by Gasteiger charge is -2.21. The SMILES string of the molecule is CCNC(=O)C(C)NC(C(=O)OCC)c1ccccc1. The second kappa shape index (κ2) is 8.32. The highest BCUT2D eigenvalue weighted by molar-refractivity contribution is 5.83. The number of esters is 1. The third-order valence-electron chi connectivity index (χ3n) is 2.82. The number of carbonyl (C=O) groups excluding carboxylic acids is 2. The number of ether oxygens (including phenoxy) is 1. The minimum absolute atomic E-state index is 0.141. The highest BCUT2D eigenvalue weighted by Gasteiger charge is 2.25. The summed E-state index contributed by atoms with van der Waals surface area (Å²) in [4.78, 5) is 23.8. The number of nitrogens with one attached hydrogen (secondary N) is 2. The molecule has 0 spiro atoms. The first-order valence-corrected chi connectivity index (χ1v) is 6.85. The zero-order valence-corrected chi connectivity index (χ0v) is 12.2. The number of carbonyl (C=O) groups is 2. The van der Waals surface area contributed by atoms with Crippen molar-refractivity contribution in [3.05, 3.63) is 35.9 Å². The summed E-state index contributed by atoms with van der Waals surface area (Å²) in [6.07, 6.45) is 0. The van der Waals surface area contributed by atoms with Crippen molar-refractivity contribution in [2.24, 2.45) is 0 Å². The molecule has 0 aliphatic rings. The Hall–Kier alpha value is -1.88. The molecular formula is C15H22N2O3. The van der Waals surface area contributed by atoms with Crippen molar-refractivity contribution in [3.63, 3.8) is 0 Å². The summed E-state index contributed by atoms with van der Waals surface area (Å²) in [5.74, 6) is -0.521. The summed E-state index contributed by atoms with van der Waals surface area (Å²) in [6, 6.07) is 8.11. The molecule has 0 saturated heterocycles. The Morgan fingerprint density at radius 3 is 2.40 bits per heavy atom. The largest absolute Gasteiger partial charge is 0.465 e. The average molecular weight is 278 g/mol. The topological polar surface area (TPSA) is 67.4 Å². The second-order valence-corrected chi connectivity index (χ2v) is 4.38. The van der Waals surface area contributed by atoms with Crippen molar-refractivity contribution in [2.75, 3.05) is 13.2 Å². The summed E-state index contributed by atoms with van der Waals surface area (Å²) in [5.41, 5.74) is 0.780. The van der Waals surface area contributed by atoms with Gasteiger partial charge < -0.3 is 10.1 Å². The van der Waals surface area contributed by atoms with Crippen molar-refractivity contribution < 1.29 is 14.3 Å². The van der Waals surface area contributed by atoms with Gasteiger partial charge in [0.1, 0.15) is 6.04 Å². The van der Waals surface area contributed by atoms with Crippen molar-refractivity contribution in [1.82, 2.24) is 10.6 Å². The number of hydrogen-bond acceptors (Lipinski definition) is 4. The standard InChI is InChI=1S/C15H22N2O3/c1-4-16-14(18)11(3)17-13(15(19)20-5-2)12-9-7-6-8-10-12/h6-11,13,17H,4-5H2,1-3H3,(H,16,18). The zero-order valence-electron chi connectivity index (χ0n) is 12.2. The fourth-order valence-corrected chi connectivity index (χ4v) is 1.82. The van der Waals surface area contributed by atoms with E-state index in [2.05, 4.69) is 10.6 Å². The van der Waals surface area contributed by atoms with Crippen molar-refractivity contribution >= 4 is 11.9 Å². The van der Waals surface area contributed by atoms with Crippen molar-refractivity contribution in [1.29, 1.82) is 0 Å². The van der Waals surface area contributed by atoms with Gasteiger partial charge in [-0.2, -0.15) is 0 Å². The molecule has 0 aliphatic heterocycles. The minimum Gasteiger partial charge on any atom is -0.465 e. The van der Waals surface area contributed by atoms with Gasteiger partial charge in [-0.15, -0.1) is 0 Å². The fourth-order valence-electron chi connectivity index (χ4n) is 1.82. The predicted octanol–water partition coefficient (Wildman–Crippen LogP) is 1.40. The van der Waals surface area contributed by atoms with Gasteiger partial charge in [-0.25, -0.2) is 4.79 Å². The summed E-state index contributed by atoms with van der Waals surface area (Å²) in [6.45, 7) is 6.19. The van der Waals surface area contributed by atoms with E-state index < -0.39 is 12.1 Å². The van der Waals surface area contributed by atoms with Gasteiger partial charge in [0.15, 0.2) is 0 Å². The Morgan fingerprint density at radius 1 is 1.20 bits per heavy atom. The Balaban J connectivity index is 2.83. The first kappa shape index (κ1) is 16.2. The van der Waals surface area contributed by atoms with Gasteiger partial charge in [0.25, 0.3) is 0 Å². The van der Waals surface area contributed by atoms with E-state index in [4.69, 9.17) is 4.74 Å². The molecule has 1 aromatic carbocycles. The van der Waals surface area contributed by atoms with Gasteiger partial charge in [-0.1, -0.05) is 30.3 Å².